The predicted octanol–water partition coefficient (Wildman–Crippen LogP) is 2.68. The van der Waals surface area contributed by atoms with Crippen molar-refractivity contribution in [1.29, 1.82) is 5.26 Å². The largest absolute Gasteiger partial charge is 0.366 e. The van der Waals surface area contributed by atoms with Crippen LogP contribution in [0.15, 0.2) is 18.9 Å². The second kappa shape index (κ2) is 7.68. The number of anilines is 2. The van der Waals surface area contributed by atoms with Crippen molar-refractivity contribution in [3.05, 3.63) is 24.4 Å². The van der Waals surface area contributed by atoms with Gasteiger partial charge in [-0.15, -0.1) is 0 Å². The summed E-state index contributed by atoms with van der Waals surface area (Å²) in [5.41, 5.74) is 0.762. The summed E-state index contributed by atoms with van der Waals surface area (Å²) in [6, 6.07) is 2.51. The SMILES string of the molecule is C[C@H]1CC[C@@H](Nc2nc(NCCn3cncn3)ncc2C#N)CC1(C)C. The van der Waals surface area contributed by atoms with Crippen LogP contribution in [0, 0.1) is 22.7 Å². The molecule has 2 N–H and O–H groups in total. The van der Waals surface area contributed by atoms with Crippen LogP contribution < -0.4 is 10.6 Å². The van der Waals surface area contributed by atoms with Crippen LogP contribution >= 0.6 is 0 Å². The van der Waals surface area contributed by atoms with Crippen molar-refractivity contribution in [3.63, 3.8) is 0 Å². The highest BCUT2D eigenvalue weighted by molar-refractivity contribution is 5.54. The van der Waals surface area contributed by atoms with Crippen LogP contribution in [0.25, 0.3) is 0 Å². The smallest absolute Gasteiger partial charge is 0.224 e. The van der Waals surface area contributed by atoms with Gasteiger partial charge in [0, 0.05) is 12.6 Å². The molecule has 26 heavy (non-hydrogen) atoms. The summed E-state index contributed by atoms with van der Waals surface area (Å²) >= 11 is 0. The average Bonchev–Trinajstić information content (AvgIpc) is 3.12. The monoisotopic (exact) mass is 354 g/mol. The van der Waals surface area contributed by atoms with Crippen molar-refractivity contribution >= 4 is 11.8 Å². The third-order valence-electron chi connectivity index (χ3n) is 5.40. The molecule has 2 atom stereocenters. The van der Waals surface area contributed by atoms with Gasteiger partial charge in [-0.05, 0) is 30.6 Å². The summed E-state index contributed by atoms with van der Waals surface area (Å²) in [4.78, 5) is 12.7. The molecule has 0 aliphatic heterocycles. The van der Waals surface area contributed by atoms with Gasteiger partial charge in [0.1, 0.15) is 30.1 Å². The zero-order chi connectivity index (χ0) is 18.6. The van der Waals surface area contributed by atoms with Crippen LogP contribution in [0.2, 0.25) is 0 Å². The zero-order valence-electron chi connectivity index (χ0n) is 15.6. The second-order valence-corrected chi connectivity index (χ2v) is 7.67. The molecule has 2 aromatic rings. The Bertz CT molecular complexity index is 762. The first-order chi connectivity index (χ1) is 12.5. The van der Waals surface area contributed by atoms with Gasteiger partial charge in [0.05, 0.1) is 12.7 Å². The molecule has 0 aromatic carbocycles. The van der Waals surface area contributed by atoms with Crippen LogP contribution in [-0.4, -0.2) is 37.3 Å². The molecule has 0 bridgehead atoms. The topological polar surface area (TPSA) is 104 Å². The lowest BCUT2D eigenvalue weighted by Gasteiger charge is -2.41. The van der Waals surface area contributed by atoms with Crippen molar-refractivity contribution < 1.29 is 0 Å². The Morgan fingerprint density at radius 1 is 1.38 bits per heavy atom. The number of hydrogen-bond donors (Lipinski definition) is 2. The van der Waals surface area contributed by atoms with E-state index in [2.05, 4.69) is 57.5 Å². The molecule has 1 fully saturated rings. The molecule has 138 valence electrons. The molecule has 1 saturated carbocycles. The highest BCUT2D eigenvalue weighted by Crippen LogP contribution is 2.41. The number of hydrogen-bond acceptors (Lipinski definition) is 7. The maximum atomic E-state index is 9.38. The van der Waals surface area contributed by atoms with Crippen LogP contribution in [0.3, 0.4) is 0 Å². The normalized spacial score (nSPS) is 21.8. The van der Waals surface area contributed by atoms with Gasteiger partial charge in [-0.1, -0.05) is 20.8 Å². The van der Waals surface area contributed by atoms with Gasteiger partial charge in [-0.2, -0.15) is 15.3 Å². The van der Waals surface area contributed by atoms with E-state index in [1.807, 2.05) is 0 Å². The van der Waals surface area contributed by atoms with E-state index in [1.54, 1.807) is 17.2 Å². The number of rotatable bonds is 6. The minimum atomic E-state index is 0.286. The van der Waals surface area contributed by atoms with Gasteiger partial charge >= 0.3 is 0 Å². The van der Waals surface area contributed by atoms with Crippen LogP contribution in [0.1, 0.15) is 45.6 Å². The Hall–Kier alpha value is -2.69. The standard InChI is InChI=1S/C18H26N8/c1-13-4-5-15(8-18(13,2)3)24-16-14(9-19)10-22-17(25-16)21-6-7-26-12-20-11-23-26/h10-13,15H,4-8H2,1-3H3,(H2,21,22,24,25)/t13-,15+/m0/s1. The second-order valence-electron chi connectivity index (χ2n) is 7.67. The lowest BCUT2D eigenvalue weighted by atomic mass is 9.68. The molecule has 8 heteroatoms. The molecule has 0 unspecified atom stereocenters. The Morgan fingerprint density at radius 2 is 2.23 bits per heavy atom. The summed E-state index contributed by atoms with van der Waals surface area (Å²) in [5, 5.41) is 20.1. The van der Waals surface area contributed by atoms with E-state index in [-0.39, 0.29) is 5.41 Å². The molecule has 2 aromatic heterocycles. The lowest BCUT2D eigenvalue weighted by molar-refractivity contribution is 0.143. The molecule has 8 nitrogen and oxygen atoms in total. The highest BCUT2D eigenvalue weighted by atomic mass is 15.3. The predicted molar refractivity (Wildman–Crippen MR) is 99.5 cm³/mol. The van der Waals surface area contributed by atoms with Crippen molar-refractivity contribution in [2.75, 3.05) is 17.2 Å². The Morgan fingerprint density at radius 3 is 2.92 bits per heavy atom. The van der Waals surface area contributed by atoms with E-state index in [1.165, 1.54) is 12.7 Å². The number of aromatic nitrogens is 5. The minimum Gasteiger partial charge on any atom is -0.366 e. The van der Waals surface area contributed by atoms with E-state index >= 15 is 0 Å². The maximum absolute atomic E-state index is 9.38. The first-order valence-electron chi connectivity index (χ1n) is 9.08. The summed E-state index contributed by atoms with van der Waals surface area (Å²) < 4.78 is 1.74. The van der Waals surface area contributed by atoms with Crippen LogP contribution in [0.4, 0.5) is 11.8 Å². The Balaban J connectivity index is 1.65. The number of nitriles is 1. The van der Waals surface area contributed by atoms with E-state index in [4.69, 9.17) is 0 Å². The summed E-state index contributed by atoms with van der Waals surface area (Å²) in [7, 11) is 0. The van der Waals surface area contributed by atoms with Crippen molar-refractivity contribution in [3.8, 4) is 6.07 Å². The maximum Gasteiger partial charge on any atom is 0.224 e. The third kappa shape index (κ3) is 4.28. The molecular weight excluding hydrogens is 328 g/mol. The van der Waals surface area contributed by atoms with E-state index in [9.17, 15) is 5.26 Å². The average molecular weight is 354 g/mol. The molecule has 0 amide bonds. The van der Waals surface area contributed by atoms with Crippen molar-refractivity contribution in [2.45, 2.75) is 52.6 Å². The number of nitrogens with one attached hydrogen (secondary N) is 2. The summed E-state index contributed by atoms with van der Waals surface area (Å²) in [6.07, 6.45) is 8.09. The first kappa shape index (κ1) is 18.1. The lowest BCUT2D eigenvalue weighted by Crippen LogP contribution is -2.37. The fraction of sp³-hybridized carbons (Fsp3) is 0.611. The van der Waals surface area contributed by atoms with Gasteiger partial charge in [0.25, 0.3) is 0 Å². The van der Waals surface area contributed by atoms with Gasteiger partial charge in [-0.25, -0.2) is 9.97 Å². The fourth-order valence-electron chi connectivity index (χ4n) is 3.39. The summed E-state index contributed by atoms with van der Waals surface area (Å²) in [6.45, 7) is 8.24. The van der Waals surface area contributed by atoms with Gasteiger partial charge in [0.15, 0.2) is 0 Å². The van der Waals surface area contributed by atoms with Crippen molar-refractivity contribution in [1.82, 2.24) is 24.7 Å². The fourth-order valence-corrected chi connectivity index (χ4v) is 3.39. The quantitative estimate of drug-likeness (QED) is 0.821. The van der Waals surface area contributed by atoms with E-state index in [0.717, 1.165) is 12.8 Å². The minimum absolute atomic E-state index is 0.286. The van der Waals surface area contributed by atoms with Gasteiger partial charge in [0.2, 0.25) is 5.95 Å². The third-order valence-corrected chi connectivity index (χ3v) is 5.40. The molecule has 1 aliphatic carbocycles. The molecule has 2 heterocycles. The Labute approximate surface area is 154 Å². The molecule has 3 rings (SSSR count). The first-order valence-corrected chi connectivity index (χ1v) is 9.08. The van der Waals surface area contributed by atoms with Crippen LogP contribution in [0.5, 0.6) is 0 Å². The molecule has 0 spiro atoms. The summed E-state index contributed by atoms with van der Waals surface area (Å²) in [5.74, 6) is 1.83. The van der Waals surface area contributed by atoms with E-state index in [0.29, 0.717) is 42.4 Å². The van der Waals surface area contributed by atoms with E-state index < -0.39 is 0 Å². The zero-order valence-corrected chi connectivity index (χ0v) is 15.6. The molecule has 0 radical (unpaired) electrons. The Kier molecular flexibility index (Phi) is 5.35. The molecule has 1 aliphatic rings. The van der Waals surface area contributed by atoms with Crippen molar-refractivity contribution in [2.24, 2.45) is 11.3 Å². The highest BCUT2D eigenvalue weighted by Gasteiger charge is 2.34. The van der Waals surface area contributed by atoms with Gasteiger partial charge in [-0.3, -0.25) is 4.68 Å². The molecular formula is C18H26N8. The van der Waals surface area contributed by atoms with Crippen LogP contribution in [-0.2, 0) is 6.54 Å². The van der Waals surface area contributed by atoms with Gasteiger partial charge < -0.3 is 10.6 Å². The number of nitrogens with zero attached hydrogens (tertiary/aromatic N) is 6. The molecule has 0 saturated heterocycles.